The van der Waals surface area contributed by atoms with Crippen molar-refractivity contribution in [3.8, 4) is 5.75 Å². The molecule has 1 N–H and O–H groups in total. The van der Waals surface area contributed by atoms with Crippen LogP contribution in [0.5, 0.6) is 5.75 Å². The van der Waals surface area contributed by atoms with Gasteiger partial charge in [0.15, 0.2) is 11.2 Å². The molecular weight excluding hydrogens is 438 g/mol. The van der Waals surface area contributed by atoms with Crippen LogP contribution in [0.4, 0.5) is 5.69 Å². The Morgan fingerprint density at radius 2 is 1.71 bits per heavy atom. The molecule has 0 unspecified atom stereocenters. The number of phenolic OH excluding ortho intramolecular Hbond substituents is 1. The van der Waals surface area contributed by atoms with E-state index in [0.29, 0.717) is 38.4 Å². The Balaban J connectivity index is 1.68. The van der Waals surface area contributed by atoms with Crippen LogP contribution in [-0.4, -0.2) is 29.1 Å². The molecule has 0 saturated carbocycles. The molecular formula is C29H27N3O3. The number of aromatic nitrogens is 1. The van der Waals surface area contributed by atoms with Crippen LogP contribution in [0.2, 0.25) is 0 Å². The molecule has 4 aromatic carbocycles. The molecule has 0 aliphatic carbocycles. The predicted octanol–water partition coefficient (Wildman–Crippen LogP) is 6.21. The Labute approximate surface area is 203 Å². The minimum absolute atomic E-state index is 0.00708. The van der Waals surface area contributed by atoms with Crippen LogP contribution < -0.4 is 10.3 Å². The predicted molar refractivity (Wildman–Crippen MR) is 140 cm³/mol. The van der Waals surface area contributed by atoms with Gasteiger partial charge in [0.1, 0.15) is 16.8 Å². The molecule has 0 aliphatic heterocycles. The van der Waals surface area contributed by atoms with Gasteiger partial charge in [-0.1, -0.05) is 44.2 Å². The monoisotopic (exact) mass is 465 g/mol. The molecule has 0 saturated heterocycles. The molecule has 35 heavy (non-hydrogen) atoms. The molecule has 5 rings (SSSR count). The zero-order valence-electron chi connectivity index (χ0n) is 19.9. The molecule has 1 heterocycles. The lowest BCUT2D eigenvalue weighted by molar-refractivity contribution is 0.0998. The fourth-order valence-electron chi connectivity index (χ4n) is 4.47. The van der Waals surface area contributed by atoms with Crippen LogP contribution in [0.25, 0.3) is 33.0 Å². The number of nitrogens with zero attached hydrogens (tertiary/aromatic N) is 3. The average Bonchev–Trinajstić information content (AvgIpc) is 2.88. The molecule has 0 atom stereocenters. The topological polar surface area (TPSA) is 78.9 Å². The van der Waals surface area contributed by atoms with Gasteiger partial charge in [0.2, 0.25) is 0 Å². The van der Waals surface area contributed by atoms with Crippen molar-refractivity contribution in [2.24, 2.45) is 4.99 Å². The van der Waals surface area contributed by atoms with Gasteiger partial charge < -0.3 is 14.4 Å². The number of carbonyl (C=O) groups is 1. The largest absolute Gasteiger partial charge is 0.507 e. The zero-order valence-corrected chi connectivity index (χ0v) is 19.9. The van der Waals surface area contributed by atoms with E-state index in [1.54, 1.807) is 42.5 Å². The van der Waals surface area contributed by atoms with Crippen molar-refractivity contribution in [3.63, 3.8) is 0 Å². The van der Waals surface area contributed by atoms with Crippen LogP contribution >= 0.6 is 0 Å². The van der Waals surface area contributed by atoms with Gasteiger partial charge in [-0.2, -0.15) is 0 Å². The van der Waals surface area contributed by atoms with Crippen molar-refractivity contribution < 1.29 is 14.3 Å². The maximum Gasteiger partial charge on any atom is 0.277 e. The molecule has 0 radical (unpaired) electrons. The Kier molecular flexibility index (Phi) is 6.19. The van der Waals surface area contributed by atoms with Crippen molar-refractivity contribution in [3.05, 3.63) is 83.7 Å². The van der Waals surface area contributed by atoms with E-state index in [1.165, 1.54) is 0 Å². The second-order valence-electron chi connectivity index (χ2n) is 8.58. The third-order valence-electron chi connectivity index (χ3n) is 6.05. The summed E-state index contributed by atoms with van der Waals surface area (Å²) in [6.45, 7) is 6.29. The summed E-state index contributed by atoms with van der Waals surface area (Å²) in [5.41, 5.74) is 4.05. The van der Waals surface area contributed by atoms with Crippen LogP contribution in [-0.2, 0) is 0 Å². The molecule has 1 aromatic heterocycles. The van der Waals surface area contributed by atoms with Gasteiger partial charge in [0, 0.05) is 41.9 Å². The Morgan fingerprint density at radius 1 is 0.943 bits per heavy atom. The highest BCUT2D eigenvalue weighted by atomic mass is 16.3. The lowest BCUT2D eigenvalue weighted by Crippen LogP contribution is -2.24. The van der Waals surface area contributed by atoms with Crippen LogP contribution in [0.1, 0.15) is 37.0 Å². The van der Waals surface area contributed by atoms with Crippen LogP contribution in [0.15, 0.2) is 82.2 Å². The molecule has 0 bridgehead atoms. The van der Waals surface area contributed by atoms with Gasteiger partial charge in [-0.3, -0.25) is 4.79 Å². The van der Waals surface area contributed by atoms with Gasteiger partial charge in [-0.25, -0.2) is 9.98 Å². The Morgan fingerprint density at radius 3 is 2.46 bits per heavy atom. The molecule has 5 aromatic rings. The smallest absolute Gasteiger partial charge is 0.277 e. The van der Waals surface area contributed by atoms with E-state index in [9.17, 15) is 9.90 Å². The number of fused-ring (bicyclic) bond motifs is 4. The molecule has 6 heteroatoms. The third-order valence-corrected chi connectivity index (χ3v) is 6.05. The standard InChI is InChI=1S/C29H27N3O3/c1-3-15-32(16-4-2)20-13-14-22-25(17-20)35-26-18-24(33)27-21(28(26)30-22)11-8-12-23(27)31-29(34)19-9-6-5-7-10-19/h5-14,17-18,33H,3-4,15-16H2,1-2H3. The minimum Gasteiger partial charge on any atom is -0.507 e. The maximum absolute atomic E-state index is 12.7. The summed E-state index contributed by atoms with van der Waals surface area (Å²) < 4.78 is 6.23. The summed E-state index contributed by atoms with van der Waals surface area (Å²) in [4.78, 5) is 24.2. The van der Waals surface area contributed by atoms with E-state index in [-0.39, 0.29) is 11.7 Å². The molecule has 1 amide bonds. The number of carbonyl (C=O) groups excluding carboxylic acids is 1. The summed E-state index contributed by atoms with van der Waals surface area (Å²) in [6, 6.07) is 21.9. The third kappa shape index (κ3) is 4.35. The van der Waals surface area contributed by atoms with E-state index in [1.807, 2.05) is 24.3 Å². The van der Waals surface area contributed by atoms with Gasteiger partial charge in [0.25, 0.3) is 5.91 Å². The average molecular weight is 466 g/mol. The fourth-order valence-corrected chi connectivity index (χ4v) is 4.47. The lowest BCUT2D eigenvalue weighted by Gasteiger charge is -2.23. The van der Waals surface area contributed by atoms with Gasteiger partial charge >= 0.3 is 0 Å². The first-order chi connectivity index (χ1) is 17.1. The molecule has 0 spiro atoms. The number of aromatic hydroxyl groups is 1. The van der Waals surface area contributed by atoms with Crippen molar-refractivity contribution >= 4 is 44.6 Å². The van der Waals surface area contributed by atoms with Crippen molar-refractivity contribution in [1.82, 2.24) is 4.98 Å². The normalized spacial score (nSPS) is 12.0. The van der Waals surface area contributed by atoms with Gasteiger partial charge in [-0.05, 0) is 43.2 Å². The zero-order chi connectivity index (χ0) is 24.4. The van der Waals surface area contributed by atoms with E-state index >= 15 is 0 Å². The summed E-state index contributed by atoms with van der Waals surface area (Å²) in [5, 5.41) is 12.5. The van der Waals surface area contributed by atoms with E-state index in [0.717, 1.165) is 37.1 Å². The number of hydrogen-bond acceptors (Lipinski definition) is 5. The summed E-state index contributed by atoms with van der Waals surface area (Å²) in [7, 11) is 0. The van der Waals surface area contributed by atoms with E-state index in [4.69, 9.17) is 9.40 Å². The second-order valence-corrected chi connectivity index (χ2v) is 8.58. The fraction of sp³-hybridized carbons (Fsp3) is 0.207. The van der Waals surface area contributed by atoms with Crippen molar-refractivity contribution in [1.29, 1.82) is 0 Å². The number of amides is 1. The summed E-state index contributed by atoms with van der Waals surface area (Å²) in [6.07, 6.45) is 2.12. The van der Waals surface area contributed by atoms with Crippen molar-refractivity contribution in [2.45, 2.75) is 26.7 Å². The summed E-state index contributed by atoms with van der Waals surface area (Å²) >= 11 is 0. The van der Waals surface area contributed by atoms with Crippen molar-refractivity contribution in [2.75, 3.05) is 18.0 Å². The number of benzene rings is 4. The second kappa shape index (κ2) is 9.58. The number of phenols is 1. The van der Waals surface area contributed by atoms with Crippen LogP contribution in [0.3, 0.4) is 0 Å². The molecule has 0 aliphatic rings. The first-order valence-corrected chi connectivity index (χ1v) is 12.0. The number of hydrogen-bond donors (Lipinski definition) is 1. The molecule has 6 nitrogen and oxygen atoms in total. The first-order valence-electron chi connectivity index (χ1n) is 12.0. The highest BCUT2D eigenvalue weighted by molar-refractivity contribution is 6.08. The number of anilines is 1. The maximum atomic E-state index is 12.7. The SMILES string of the molecule is CCCN(CCC)c1ccc2nc3c(cc(O)c4c(=NC(=O)c5ccccc5)cccc43)oc2c1. The highest BCUT2D eigenvalue weighted by Gasteiger charge is 2.14. The number of rotatable bonds is 6. The highest BCUT2D eigenvalue weighted by Crippen LogP contribution is 2.32. The van der Waals surface area contributed by atoms with Crippen LogP contribution in [0, 0.1) is 0 Å². The van der Waals surface area contributed by atoms with Gasteiger partial charge in [0.05, 0.1) is 10.7 Å². The minimum atomic E-state index is -0.370. The quantitative estimate of drug-likeness (QED) is 0.238. The Hall–Kier alpha value is -4.19. The first kappa shape index (κ1) is 22.6. The molecule has 176 valence electrons. The lowest BCUT2D eigenvalue weighted by atomic mass is 10.1. The summed E-state index contributed by atoms with van der Waals surface area (Å²) in [5.74, 6) is -0.377. The van der Waals surface area contributed by atoms with E-state index < -0.39 is 0 Å². The van der Waals surface area contributed by atoms with E-state index in [2.05, 4.69) is 29.8 Å². The molecule has 0 fully saturated rings. The Bertz CT molecular complexity index is 1600. The van der Waals surface area contributed by atoms with Gasteiger partial charge in [-0.15, -0.1) is 0 Å².